The van der Waals surface area contributed by atoms with E-state index in [-0.39, 0.29) is 0 Å². The zero-order chi connectivity index (χ0) is 12.8. The molecule has 96 valence electrons. The molecule has 0 saturated carbocycles. The molecule has 0 aliphatic carbocycles. The molecule has 1 aromatic heterocycles. The number of nitrogen functional groups attached to an aromatic ring is 1. The lowest BCUT2D eigenvalue weighted by molar-refractivity contribution is 0.584. The summed E-state index contributed by atoms with van der Waals surface area (Å²) in [6.07, 6.45) is 4.48. The van der Waals surface area contributed by atoms with Crippen molar-refractivity contribution < 1.29 is 0 Å². The summed E-state index contributed by atoms with van der Waals surface area (Å²) in [5, 5.41) is 3.70. The Morgan fingerprint density at radius 1 is 1.24 bits per heavy atom. The predicted octanol–water partition coefficient (Wildman–Crippen LogP) is 3.40. The average Bonchev–Trinajstić information content (AvgIpc) is 2.26. The molecule has 1 aromatic rings. The normalized spacial score (nSPS) is 10.9. The first-order valence-electron chi connectivity index (χ1n) is 6.14. The lowest BCUT2D eigenvalue weighted by Crippen LogP contribution is -2.21. The topological polar surface area (TPSA) is 63.8 Å². The van der Waals surface area contributed by atoms with Crippen molar-refractivity contribution in [2.75, 3.05) is 11.1 Å². The van der Waals surface area contributed by atoms with Crippen molar-refractivity contribution >= 4 is 23.1 Å². The number of rotatable bonds is 6. The van der Waals surface area contributed by atoms with E-state index >= 15 is 0 Å². The van der Waals surface area contributed by atoms with Gasteiger partial charge in [0.1, 0.15) is 11.5 Å². The predicted molar refractivity (Wildman–Crippen MR) is 73.4 cm³/mol. The molecule has 0 aliphatic rings. The van der Waals surface area contributed by atoms with Gasteiger partial charge in [0.05, 0.1) is 0 Å². The minimum absolute atomic E-state index is 0.326. The second-order valence-corrected chi connectivity index (χ2v) is 4.60. The third-order valence-corrected chi connectivity index (χ3v) is 2.91. The number of hydrogen-bond donors (Lipinski definition) is 2. The quantitative estimate of drug-likeness (QED) is 0.766. The highest BCUT2D eigenvalue weighted by molar-refractivity contribution is 6.32. The van der Waals surface area contributed by atoms with Crippen molar-refractivity contribution in [1.29, 1.82) is 0 Å². The van der Waals surface area contributed by atoms with Crippen LogP contribution in [0.5, 0.6) is 0 Å². The zero-order valence-electron chi connectivity index (χ0n) is 10.8. The Labute approximate surface area is 108 Å². The van der Waals surface area contributed by atoms with Crippen LogP contribution in [0.4, 0.5) is 11.5 Å². The van der Waals surface area contributed by atoms with Crippen molar-refractivity contribution in [1.82, 2.24) is 9.97 Å². The molecule has 0 fully saturated rings. The molecule has 5 heteroatoms. The number of aryl methyl sites for hydroxylation is 1. The Morgan fingerprint density at radius 3 is 2.35 bits per heavy atom. The molecule has 1 rings (SSSR count). The largest absolute Gasteiger partial charge is 0.393 e. The van der Waals surface area contributed by atoms with Gasteiger partial charge in [-0.3, -0.25) is 0 Å². The lowest BCUT2D eigenvalue weighted by Gasteiger charge is -2.19. The Morgan fingerprint density at radius 2 is 1.82 bits per heavy atom. The second kappa shape index (κ2) is 6.64. The maximum absolute atomic E-state index is 5.94. The summed E-state index contributed by atoms with van der Waals surface area (Å²) in [6, 6.07) is 0.401. The van der Waals surface area contributed by atoms with Crippen LogP contribution in [0.25, 0.3) is 0 Å². The van der Waals surface area contributed by atoms with Crippen LogP contribution in [0.1, 0.15) is 45.4 Å². The van der Waals surface area contributed by atoms with Crippen LogP contribution in [0.15, 0.2) is 0 Å². The van der Waals surface area contributed by atoms with Crippen molar-refractivity contribution in [2.45, 2.75) is 52.5 Å². The number of aromatic nitrogens is 2. The fourth-order valence-corrected chi connectivity index (χ4v) is 2.05. The molecule has 0 aliphatic heterocycles. The second-order valence-electron chi connectivity index (χ2n) is 4.24. The van der Waals surface area contributed by atoms with Gasteiger partial charge in [-0.1, -0.05) is 38.3 Å². The van der Waals surface area contributed by atoms with Crippen LogP contribution in [-0.2, 0) is 0 Å². The Hall–Kier alpha value is -1.03. The Bertz CT molecular complexity index is 362. The molecular formula is C12H21ClN4. The van der Waals surface area contributed by atoms with E-state index < -0.39 is 0 Å². The van der Waals surface area contributed by atoms with Crippen molar-refractivity contribution in [3.8, 4) is 0 Å². The van der Waals surface area contributed by atoms with Gasteiger partial charge in [0, 0.05) is 6.04 Å². The van der Waals surface area contributed by atoms with E-state index in [1.54, 1.807) is 0 Å². The lowest BCUT2D eigenvalue weighted by atomic mass is 10.1. The minimum Gasteiger partial charge on any atom is -0.393 e. The number of nitrogens with zero attached hydrogens (tertiary/aromatic N) is 2. The summed E-state index contributed by atoms with van der Waals surface area (Å²) >= 11 is 5.94. The molecule has 1 heterocycles. The summed E-state index contributed by atoms with van der Waals surface area (Å²) in [5.74, 6) is 1.30. The minimum atomic E-state index is 0.326. The van der Waals surface area contributed by atoms with E-state index in [1.165, 1.54) is 0 Å². The summed E-state index contributed by atoms with van der Waals surface area (Å²) in [6.45, 7) is 6.16. The van der Waals surface area contributed by atoms with E-state index in [9.17, 15) is 0 Å². The van der Waals surface area contributed by atoms with Gasteiger partial charge in [-0.2, -0.15) is 0 Å². The van der Waals surface area contributed by atoms with Gasteiger partial charge in [0.2, 0.25) is 0 Å². The summed E-state index contributed by atoms with van der Waals surface area (Å²) in [5.41, 5.74) is 6.31. The smallest absolute Gasteiger partial charge is 0.157 e. The Balaban J connectivity index is 2.84. The van der Waals surface area contributed by atoms with Crippen LogP contribution in [0.2, 0.25) is 5.15 Å². The monoisotopic (exact) mass is 256 g/mol. The molecule has 0 spiro atoms. The molecule has 0 bridgehead atoms. The van der Waals surface area contributed by atoms with Crippen LogP contribution in [0.3, 0.4) is 0 Å². The first-order chi connectivity index (χ1) is 8.08. The van der Waals surface area contributed by atoms with E-state index in [0.29, 0.717) is 28.5 Å². The van der Waals surface area contributed by atoms with Crippen LogP contribution >= 0.6 is 11.6 Å². The molecule has 4 nitrogen and oxygen atoms in total. The van der Waals surface area contributed by atoms with E-state index in [2.05, 4.69) is 29.1 Å². The van der Waals surface area contributed by atoms with Gasteiger partial charge in [-0.25, -0.2) is 9.97 Å². The third kappa shape index (κ3) is 4.04. The maximum atomic E-state index is 5.94. The number of hydrogen-bond acceptors (Lipinski definition) is 4. The van der Waals surface area contributed by atoms with Crippen molar-refractivity contribution in [2.24, 2.45) is 0 Å². The van der Waals surface area contributed by atoms with Gasteiger partial charge in [0.25, 0.3) is 0 Å². The van der Waals surface area contributed by atoms with Gasteiger partial charge < -0.3 is 11.1 Å². The molecule has 0 aromatic carbocycles. The molecule has 0 atom stereocenters. The first kappa shape index (κ1) is 14.0. The zero-order valence-corrected chi connectivity index (χ0v) is 11.5. The standard InChI is InChI=1S/C12H21ClN4/c1-4-6-9(7-5-2)17-12-10(14)11(13)15-8(3)16-12/h9H,4-7,14H2,1-3H3,(H,15,16,17). The van der Waals surface area contributed by atoms with Gasteiger partial charge in [-0.15, -0.1) is 0 Å². The summed E-state index contributed by atoms with van der Waals surface area (Å²) in [7, 11) is 0. The molecule has 0 amide bonds. The Kier molecular flexibility index (Phi) is 5.48. The van der Waals surface area contributed by atoms with Gasteiger partial charge in [-0.05, 0) is 19.8 Å². The first-order valence-corrected chi connectivity index (χ1v) is 6.52. The van der Waals surface area contributed by atoms with Crippen molar-refractivity contribution in [3.63, 3.8) is 0 Å². The van der Waals surface area contributed by atoms with Crippen LogP contribution in [0, 0.1) is 6.92 Å². The highest BCUT2D eigenvalue weighted by Crippen LogP contribution is 2.25. The van der Waals surface area contributed by atoms with E-state index in [0.717, 1.165) is 25.7 Å². The number of nitrogens with two attached hydrogens (primary N) is 1. The summed E-state index contributed by atoms with van der Waals surface area (Å²) in [4.78, 5) is 8.33. The van der Waals surface area contributed by atoms with E-state index in [4.69, 9.17) is 17.3 Å². The molecule has 0 saturated heterocycles. The fraction of sp³-hybridized carbons (Fsp3) is 0.667. The number of nitrogens with one attached hydrogen (secondary N) is 1. The highest BCUT2D eigenvalue weighted by atomic mass is 35.5. The fourth-order valence-electron chi connectivity index (χ4n) is 1.84. The van der Waals surface area contributed by atoms with Crippen LogP contribution < -0.4 is 11.1 Å². The van der Waals surface area contributed by atoms with E-state index in [1.807, 2.05) is 6.92 Å². The third-order valence-electron chi connectivity index (χ3n) is 2.63. The highest BCUT2D eigenvalue weighted by Gasteiger charge is 2.12. The average molecular weight is 257 g/mol. The van der Waals surface area contributed by atoms with Gasteiger partial charge >= 0.3 is 0 Å². The number of anilines is 2. The molecule has 17 heavy (non-hydrogen) atoms. The number of halogens is 1. The van der Waals surface area contributed by atoms with Crippen molar-refractivity contribution in [3.05, 3.63) is 11.0 Å². The summed E-state index contributed by atoms with van der Waals surface area (Å²) < 4.78 is 0. The SMILES string of the molecule is CCCC(CCC)Nc1nc(C)nc(Cl)c1N. The molecule has 0 unspecified atom stereocenters. The molecular weight excluding hydrogens is 236 g/mol. The van der Waals surface area contributed by atoms with Crippen LogP contribution in [-0.4, -0.2) is 16.0 Å². The molecule has 0 radical (unpaired) electrons. The molecule has 3 N–H and O–H groups in total. The maximum Gasteiger partial charge on any atom is 0.157 e. The van der Waals surface area contributed by atoms with Gasteiger partial charge in [0.15, 0.2) is 11.0 Å².